The lowest BCUT2D eigenvalue weighted by Gasteiger charge is -2.02. The number of hydrogen-bond acceptors (Lipinski definition) is 3. The van der Waals surface area contributed by atoms with E-state index in [1.54, 1.807) is 6.20 Å². The molecular weight excluding hydrogens is 198 g/mol. The Morgan fingerprint density at radius 2 is 1.81 bits per heavy atom. The van der Waals surface area contributed by atoms with Crippen LogP contribution in [0.1, 0.15) is 12.6 Å². The van der Waals surface area contributed by atoms with E-state index < -0.39 is 0 Å². The Balaban J connectivity index is 2.09. The highest BCUT2D eigenvalue weighted by atomic mass is 15.3. The molecule has 0 fully saturated rings. The summed E-state index contributed by atoms with van der Waals surface area (Å²) in [6, 6.07) is 15.6. The van der Waals surface area contributed by atoms with Crippen molar-refractivity contribution in [2.24, 2.45) is 5.10 Å². The lowest BCUT2D eigenvalue weighted by molar-refractivity contribution is 1.25. The number of nitrogens with zero attached hydrogens (tertiary/aromatic N) is 2. The lowest BCUT2D eigenvalue weighted by atomic mass is 10.3. The second kappa shape index (κ2) is 5.07. The molecule has 3 heteroatoms. The molecule has 1 aromatic heterocycles. The highest BCUT2D eigenvalue weighted by molar-refractivity contribution is 5.97. The predicted molar refractivity (Wildman–Crippen MR) is 66.5 cm³/mol. The molecule has 16 heavy (non-hydrogen) atoms. The number of benzene rings is 1. The molecular formula is C13H13N3. The Morgan fingerprint density at radius 1 is 1.06 bits per heavy atom. The zero-order chi connectivity index (χ0) is 11.2. The molecule has 1 aromatic carbocycles. The molecule has 0 aliphatic carbocycles. The predicted octanol–water partition coefficient (Wildman–Crippen LogP) is 2.92. The fraction of sp³-hybridized carbons (Fsp3) is 0.0769. The second-order valence-corrected chi connectivity index (χ2v) is 3.39. The van der Waals surface area contributed by atoms with Crippen molar-refractivity contribution >= 4 is 11.4 Å². The third-order valence-corrected chi connectivity index (χ3v) is 2.16. The van der Waals surface area contributed by atoms with Crippen LogP contribution in [0.5, 0.6) is 0 Å². The molecule has 0 amide bonds. The van der Waals surface area contributed by atoms with Gasteiger partial charge in [0, 0.05) is 6.20 Å². The van der Waals surface area contributed by atoms with E-state index in [0.29, 0.717) is 0 Å². The number of anilines is 1. The molecule has 0 spiro atoms. The molecule has 0 saturated heterocycles. The van der Waals surface area contributed by atoms with Crippen LogP contribution in [0.25, 0.3) is 0 Å². The number of hydrogen-bond donors (Lipinski definition) is 1. The lowest BCUT2D eigenvalue weighted by Crippen LogP contribution is -2.01. The summed E-state index contributed by atoms with van der Waals surface area (Å²) in [6.07, 6.45) is 1.76. The smallest absolute Gasteiger partial charge is 0.0859 e. The fourth-order valence-corrected chi connectivity index (χ4v) is 1.30. The van der Waals surface area contributed by atoms with Crippen molar-refractivity contribution in [3.8, 4) is 0 Å². The minimum atomic E-state index is 0.865. The number of para-hydroxylation sites is 1. The summed E-state index contributed by atoms with van der Waals surface area (Å²) < 4.78 is 0. The largest absolute Gasteiger partial charge is 0.278 e. The van der Waals surface area contributed by atoms with Crippen LogP contribution in [0.15, 0.2) is 59.8 Å². The zero-order valence-electron chi connectivity index (χ0n) is 9.09. The maximum atomic E-state index is 4.27. The van der Waals surface area contributed by atoms with Gasteiger partial charge < -0.3 is 0 Å². The number of nitrogens with one attached hydrogen (secondary N) is 1. The minimum absolute atomic E-state index is 0.865. The molecule has 1 N–H and O–H groups in total. The van der Waals surface area contributed by atoms with Crippen molar-refractivity contribution < 1.29 is 0 Å². The van der Waals surface area contributed by atoms with E-state index in [4.69, 9.17) is 0 Å². The molecule has 0 radical (unpaired) electrons. The van der Waals surface area contributed by atoms with Gasteiger partial charge in [0.2, 0.25) is 0 Å². The summed E-state index contributed by atoms with van der Waals surface area (Å²) in [5, 5.41) is 4.27. The van der Waals surface area contributed by atoms with Crippen LogP contribution in [0.3, 0.4) is 0 Å². The summed E-state index contributed by atoms with van der Waals surface area (Å²) in [4.78, 5) is 4.22. The van der Waals surface area contributed by atoms with Gasteiger partial charge in [-0.3, -0.25) is 10.4 Å². The van der Waals surface area contributed by atoms with Crippen LogP contribution in [0, 0.1) is 0 Å². The van der Waals surface area contributed by atoms with Crippen molar-refractivity contribution in [1.29, 1.82) is 0 Å². The topological polar surface area (TPSA) is 37.3 Å². The van der Waals surface area contributed by atoms with Gasteiger partial charge in [-0.15, -0.1) is 0 Å². The van der Waals surface area contributed by atoms with Crippen LogP contribution in [-0.2, 0) is 0 Å². The van der Waals surface area contributed by atoms with Crippen molar-refractivity contribution in [2.45, 2.75) is 6.92 Å². The molecule has 0 saturated carbocycles. The van der Waals surface area contributed by atoms with Gasteiger partial charge in [0.1, 0.15) is 0 Å². The van der Waals surface area contributed by atoms with E-state index in [9.17, 15) is 0 Å². The number of pyridine rings is 1. The highest BCUT2D eigenvalue weighted by Crippen LogP contribution is 2.05. The Morgan fingerprint density at radius 3 is 2.50 bits per heavy atom. The first-order valence-corrected chi connectivity index (χ1v) is 5.13. The highest BCUT2D eigenvalue weighted by Gasteiger charge is 1.96. The van der Waals surface area contributed by atoms with Crippen LogP contribution in [-0.4, -0.2) is 10.7 Å². The average Bonchev–Trinajstić information content (AvgIpc) is 2.38. The molecule has 2 aromatic rings. The summed E-state index contributed by atoms with van der Waals surface area (Å²) in [5.74, 6) is 0. The van der Waals surface area contributed by atoms with E-state index in [1.165, 1.54) is 0 Å². The zero-order valence-corrected chi connectivity index (χ0v) is 9.09. The van der Waals surface area contributed by atoms with Crippen LogP contribution < -0.4 is 5.43 Å². The summed E-state index contributed by atoms with van der Waals surface area (Å²) in [7, 11) is 0. The van der Waals surface area contributed by atoms with Crippen molar-refractivity contribution in [3.63, 3.8) is 0 Å². The summed E-state index contributed by atoms with van der Waals surface area (Å²) >= 11 is 0. The molecule has 0 bridgehead atoms. The molecule has 0 atom stereocenters. The Hall–Kier alpha value is -2.16. The van der Waals surface area contributed by atoms with Gasteiger partial charge in [-0.2, -0.15) is 5.10 Å². The summed E-state index contributed by atoms with van der Waals surface area (Å²) in [5.41, 5.74) is 5.71. The first-order valence-electron chi connectivity index (χ1n) is 5.13. The van der Waals surface area contributed by atoms with E-state index in [0.717, 1.165) is 17.1 Å². The van der Waals surface area contributed by atoms with Gasteiger partial charge in [0.25, 0.3) is 0 Å². The third kappa shape index (κ3) is 2.67. The molecule has 3 nitrogen and oxygen atoms in total. The quantitative estimate of drug-likeness (QED) is 0.626. The molecule has 1 heterocycles. The normalized spacial score (nSPS) is 11.2. The number of rotatable bonds is 3. The van der Waals surface area contributed by atoms with Crippen molar-refractivity contribution in [3.05, 3.63) is 60.4 Å². The maximum Gasteiger partial charge on any atom is 0.0859 e. The van der Waals surface area contributed by atoms with E-state index in [2.05, 4.69) is 15.5 Å². The SMILES string of the molecule is CC(=NNc1ccccc1)c1ccccn1. The van der Waals surface area contributed by atoms with Gasteiger partial charge in [0.15, 0.2) is 0 Å². The van der Waals surface area contributed by atoms with Crippen molar-refractivity contribution in [2.75, 3.05) is 5.43 Å². The maximum absolute atomic E-state index is 4.27. The van der Waals surface area contributed by atoms with Gasteiger partial charge in [-0.05, 0) is 31.2 Å². The number of hydrazone groups is 1. The fourth-order valence-electron chi connectivity index (χ4n) is 1.30. The molecule has 80 valence electrons. The van der Waals surface area contributed by atoms with E-state index in [1.807, 2.05) is 55.5 Å². The summed E-state index contributed by atoms with van der Waals surface area (Å²) in [6.45, 7) is 1.93. The number of aromatic nitrogens is 1. The Bertz CT molecular complexity index is 463. The van der Waals surface area contributed by atoms with Gasteiger partial charge in [-0.25, -0.2) is 0 Å². The molecule has 2 rings (SSSR count). The van der Waals surface area contributed by atoms with Gasteiger partial charge in [0.05, 0.1) is 17.1 Å². The first-order chi connectivity index (χ1) is 7.86. The van der Waals surface area contributed by atoms with Crippen LogP contribution >= 0.6 is 0 Å². The first kappa shape index (κ1) is 10.4. The van der Waals surface area contributed by atoms with E-state index >= 15 is 0 Å². The van der Waals surface area contributed by atoms with Crippen molar-refractivity contribution in [1.82, 2.24) is 4.98 Å². The Kier molecular flexibility index (Phi) is 3.28. The third-order valence-electron chi connectivity index (χ3n) is 2.16. The van der Waals surface area contributed by atoms with Gasteiger partial charge in [-0.1, -0.05) is 24.3 Å². The van der Waals surface area contributed by atoms with Crippen LogP contribution in [0.4, 0.5) is 5.69 Å². The van der Waals surface area contributed by atoms with Gasteiger partial charge >= 0.3 is 0 Å². The monoisotopic (exact) mass is 211 g/mol. The standard InChI is InChI=1S/C13H13N3/c1-11(13-9-5-6-10-14-13)15-16-12-7-3-2-4-8-12/h2-10,16H,1H3. The second-order valence-electron chi connectivity index (χ2n) is 3.39. The van der Waals surface area contributed by atoms with E-state index in [-0.39, 0.29) is 0 Å². The Labute approximate surface area is 94.9 Å². The minimum Gasteiger partial charge on any atom is -0.278 e. The van der Waals surface area contributed by atoms with Crippen LogP contribution in [0.2, 0.25) is 0 Å². The molecule has 0 aliphatic heterocycles. The molecule has 0 unspecified atom stereocenters. The molecule has 0 aliphatic rings. The average molecular weight is 211 g/mol.